The van der Waals surface area contributed by atoms with Gasteiger partial charge < -0.3 is 5.11 Å². The van der Waals surface area contributed by atoms with Crippen molar-refractivity contribution in [3.63, 3.8) is 0 Å². The third-order valence-electron chi connectivity index (χ3n) is 1.88. The van der Waals surface area contributed by atoms with Gasteiger partial charge in [0.1, 0.15) is 5.82 Å². The smallest absolute Gasteiger partial charge is 0.306 e. The average Bonchev–Trinajstić information content (AvgIpc) is 2.08. The molecule has 0 aliphatic rings. The molecule has 0 amide bonds. The van der Waals surface area contributed by atoms with Gasteiger partial charge in [0.2, 0.25) is 0 Å². The summed E-state index contributed by atoms with van der Waals surface area (Å²) in [6.07, 6.45) is 0.440. The highest BCUT2D eigenvalue weighted by Crippen LogP contribution is 2.09. The first-order valence-electron chi connectivity index (χ1n) is 4.07. The van der Waals surface area contributed by atoms with Crippen molar-refractivity contribution in [3.05, 3.63) is 35.6 Å². The van der Waals surface area contributed by atoms with Crippen molar-refractivity contribution in [1.29, 1.82) is 0 Å². The lowest BCUT2D eigenvalue weighted by atomic mass is 10.0. The summed E-state index contributed by atoms with van der Waals surface area (Å²) in [5.41, 5.74) is 0.844. The molecule has 70 valence electrons. The molecular formula is C10H11FO2. The fraction of sp³-hybridized carbons (Fsp3) is 0.300. The Bertz CT molecular complexity index is 292. The van der Waals surface area contributed by atoms with Crippen LogP contribution in [-0.4, -0.2) is 11.1 Å². The van der Waals surface area contributed by atoms with E-state index in [-0.39, 0.29) is 5.82 Å². The number of hydrogen-bond acceptors (Lipinski definition) is 1. The van der Waals surface area contributed by atoms with Crippen molar-refractivity contribution in [3.8, 4) is 0 Å². The predicted octanol–water partition coefficient (Wildman–Crippen LogP) is 2.09. The van der Waals surface area contributed by atoms with Crippen LogP contribution in [0, 0.1) is 11.7 Å². The summed E-state index contributed by atoms with van der Waals surface area (Å²) in [5.74, 6) is -1.55. The highest BCUT2D eigenvalue weighted by Gasteiger charge is 2.10. The van der Waals surface area contributed by atoms with Crippen LogP contribution in [-0.2, 0) is 11.2 Å². The van der Waals surface area contributed by atoms with Crippen LogP contribution in [0.25, 0.3) is 0 Å². The summed E-state index contributed by atoms with van der Waals surface area (Å²) in [7, 11) is 0. The van der Waals surface area contributed by atoms with E-state index >= 15 is 0 Å². The highest BCUT2D eigenvalue weighted by atomic mass is 19.1. The van der Waals surface area contributed by atoms with E-state index in [9.17, 15) is 9.18 Å². The topological polar surface area (TPSA) is 37.3 Å². The van der Waals surface area contributed by atoms with Crippen molar-refractivity contribution in [1.82, 2.24) is 0 Å². The van der Waals surface area contributed by atoms with E-state index in [1.54, 1.807) is 19.1 Å². The van der Waals surface area contributed by atoms with Gasteiger partial charge in [0.15, 0.2) is 0 Å². The molecule has 0 aliphatic carbocycles. The summed E-state index contributed by atoms with van der Waals surface area (Å²) in [6, 6.07) is 5.89. The average molecular weight is 182 g/mol. The van der Waals surface area contributed by atoms with Crippen molar-refractivity contribution >= 4 is 5.97 Å². The minimum absolute atomic E-state index is 0.299. The second-order valence-corrected chi connectivity index (χ2v) is 3.07. The van der Waals surface area contributed by atoms with Gasteiger partial charge in [0.25, 0.3) is 0 Å². The molecule has 3 heteroatoms. The van der Waals surface area contributed by atoms with Crippen LogP contribution in [0.5, 0.6) is 0 Å². The second-order valence-electron chi connectivity index (χ2n) is 3.07. The molecule has 0 heterocycles. The molecule has 1 rings (SSSR count). The molecule has 0 spiro atoms. The van der Waals surface area contributed by atoms with Gasteiger partial charge in [0.05, 0.1) is 5.92 Å². The summed E-state index contributed by atoms with van der Waals surface area (Å²) in [4.78, 5) is 10.5. The Morgan fingerprint density at radius 1 is 1.46 bits per heavy atom. The zero-order chi connectivity index (χ0) is 9.84. The maximum Gasteiger partial charge on any atom is 0.306 e. The van der Waals surface area contributed by atoms with Crippen LogP contribution in [0.3, 0.4) is 0 Å². The first-order chi connectivity index (χ1) is 6.09. The Morgan fingerprint density at radius 2 is 2.00 bits per heavy atom. The number of benzene rings is 1. The lowest BCUT2D eigenvalue weighted by molar-refractivity contribution is -0.141. The van der Waals surface area contributed by atoms with Gasteiger partial charge in [-0.05, 0) is 24.1 Å². The van der Waals surface area contributed by atoms with E-state index in [0.717, 1.165) is 5.56 Å². The third-order valence-corrected chi connectivity index (χ3v) is 1.88. The van der Waals surface area contributed by atoms with E-state index in [4.69, 9.17) is 5.11 Å². The molecule has 0 bridgehead atoms. The van der Waals surface area contributed by atoms with Crippen molar-refractivity contribution in [2.75, 3.05) is 0 Å². The van der Waals surface area contributed by atoms with Crippen molar-refractivity contribution < 1.29 is 14.3 Å². The van der Waals surface area contributed by atoms with Gasteiger partial charge in [0, 0.05) is 0 Å². The molecule has 0 fully saturated rings. The van der Waals surface area contributed by atoms with Gasteiger partial charge in [-0.25, -0.2) is 4.39 Å². The summed E-state index contributed by atoms with van der Waals surface area (Å²) in [5, 5.41) is 8.62. The van der Waals surface area contributed by atoms with E-state index in [1.807, 2.05) is 0 Å². The van der Waals surface area contributed by atoms with Gasteiger partial charge in [-0.15, -0.1) is 0 Å². The Morgan fingerprint density at radius 3 is 2.46 bits per heavy atom. The minimum Gasteiger partial charge on any atom is -0.481 e. The molecule has 0 aliphatic heterocycles. The molecule has 1 aromatic carbocycles. The van der Waals surface area contributed by atoms with Gasteiger partial charge in [-0.3, -0.25) is 4.79 Å². The van der Waals surface area contributed by atoms with Gasteiger partial charge >= 0.3 is 5.97 Å². The number of rotatable bonds is 3. The first kappa shape index (κ1) is 9.71. The van der Waals surface area contributed by atoms with Crippen LogP contribution in [0.2, 0.25) is 0 Å². The number of carboxylic acid groups (broad SMARTS) is 1. The maximum absolute atomic E-state index is 12.5. The van der Waals surface area contributed by atoms with Crippen molar-refractivity contribution in [2.24, 2.45) is 5.92 Å². The quantitative estimate of drug-likeness (QED) is 0.777. The van der Waals surface area contributed by atoms with Gasteiger partial charge in [-0.1, -0.05) is 19.1 Å². The lowest BCUT2D eigenvalue weighted by Crippen LogP contribution is -2.12. The lowest BCUT2D eigenvalue weighted by Gasteiger charge is -2.05. The monoisotopic (exact) mass is 182 g/mol. The number of hydrogen-bond donors (Lipinski definition) is 1. The molecule has 0 saturated carbocycles. The highest BCUT2D eigenvalue weighted by molar-refractivity contribution is 5.69. The van der Waals surface area contributed by atoms with Crippen LogP contribution < -0.4 is 0 Å². The molecule has 1 unspecified atom stereocenters. The maximum atomic E-state index is 12.5. The zero-order valence-electron chi connectivity index (χ0n) is 7.33. The number of aliphatic carboxylic acids is 1. The fourth-order valence-electron chi connectivity index (χ4n) is 1.06. The molecule has 13 heavy (non-hydrogen) atoms. The fourth-order valence-corrected chi connectivity index (χ4v) is 1.06. The molecule has 1 N–H and O–H groups in total. The van der Waals surface area contributed by atoms with E-state index in [1.165, 1.54) is 12.1 Å². The minimum atomic E-state index is -0.829. The Labute approximate surface area is 76.0 Å². The largest absolute Gasteiger partial charge is 0.481 e. The molecule has 1 atom stereocenters. The first-order valence-corrected chi connectivity index (χ1v) is 4.07. The van der Waals surface area contributed by atoms with Crippen LogP contribution in [0.4, 0.5) is 4.39 Å². The molecule has 1 aromatic rings. The van der Waals surface area contributed by atoms with Crippen molar-refractivity contribution in [2.45, 2.75) is 13.3 Å². The van der Waals surface area contributed by atoms with E-state index < -0.39 is 11.9 Å². The molecule has 0 radical (unpaired) electrons. The SMILES string of the molecule is CC(Cc1ccc(F)cc1)C(=O)O. The molecule has 2 nitrogen and oxygen atoms in total. The predicted molar refractivity (Wildman–Crippen MR) is 46.9 cm³/mol. The normalized spacial score (nSPS) is 12.5. The van der Waals surface area contributed by atoms with Gasteiger partial charge in [-0.2, -0.15) is 0 Å². The van der Waals surface area contributed by atoms with E-state index in [0.29, 0.717) is 6.42 Å². The van der Waals surface area contributed by atoms with E-state index in [2.05, 4.69) is 0 Å². The number of halogens is 1. The second kappa shape index (κ2) is 4.03. The number of carbonyl (C=O) groups is 1. The van der Waals surface area contributed by atoms with Crippen LogP contribution in [0.15, 0.2) is 24.3 Å². The Hall–Kier alpha value is -1.38. The summed E-state index contributed by atoms with van der Waals surface area (Å²) in [6.45, 7) is 1.63. The summed E-state index contributed by atoms with van der Waals surface area (Å²) >= 11 is 0. The van der Waals surface area contributed by atoms with Crippen LogP contribution in [0.1, 0.15) is 12.5 Å². The number of carboxylic acids is 1. The van der Waals surface area contributed by atoms with Crippen LogP contribution >= 0.6 is 0 Å². The molecular weight excluding hydrogens is 171 g/mol. The molecule has 0 aromatic heterocycles. The standard InChI is InChI=1S/C10H11FO2/c1-7(10(12)13)6-8-2-4-9(11)5-3-8/h2-5,7H,6H2,1H3,(H,12,13). The Balaban J connectivity index is 2.64. The zero-order valence-corrected chi connectivity index (χ0v) is 7.33. The Kier molecular flexibility index (Phi) is 3.01. The summed E-state index contributed by atoms with van der Waals surface area (Å²) < 4.78 is 12.5. The third kappa shape index (κ3) is 2.86. The molecule has 0 saturated heterocycles.